The van der Waals surface area contributed by atoms with Gasteiger partial charge < -0.3 is 14.5 Å². The molecule has 0 aliphatic carbocycles. The Balaban J connectivity index is 1.66. The first-order valence-corrected chi connectivity index (χ1v) is 9.52. The second kappa shape index (κ2) is 6.51. The minimum Gasteiger partial charge on any atom is -0.454 e. The zero-order valence-corrected chi connectivity index (χ0v) is 15.7. The molecule has 5 rings (SSSR count). The second-order valence-corrected chi connectivity index (χ2v) is 7.22. The number of rotatable bonds is 3. The fraction of sp³-hybridized carbons (Fsp3) is 0.0952. The van der Waals surface area contributed by atoms with Gasteiger partial charge in [-0.25, -0.2) is 9.97 Å². The minimum absolute atomic E-state index is 0.231. The number of aromatic amines is 1. The van der Waals surface area contributed by atoms with Crippen LogP contribution in [0.2, 0.25) is 0 Å². The summed E-state index contributed by atoms with van der Waals surface area (Å²) in [4.78, 5) is 12.9. The van der Waals surface area contributed by atoms with E-state index >= 15 is 0 Å². The molecule has 0 saturated carbocycles. The highest BCUT2D eigenvalue weighted by molar-refractivity contribution is 7.13. The molecule has 1 aliphatic rings. The van der Waals surface area contributed by atoms with Crippen LogP contribution >= 0.6 is 11.3 Å². The van der Waals surface area contributed by atoms with E-state index in [9.17, 15) is 0 Å². The summed E-state index contributed by atoms with van der Waals surface area (Å²) in [6, 6.07) is 15.3. The molecule has 2 aromatic carbocycles. The Morgan fingerprint density at radius 2 is 1.82 bits per heavy atom. The summed E-state index contributed by atoms with van der Waals surface area (Å²) in [5, 5.41) is 11.9. The number of aromatic nitrogens is 3. The summed E-state index contributed by atoms with van der Waals surface area (Å²) in [7, 11) is 0. The van der Waals surface area contributed by atoms with E-state index in [1.807, 2.05) is 42.6 Å². The van der Waals surface area contributed by atoms with E-state index in [0.29, 0.717) is 11.3 Å². The topological polar surface area (TPSA) is 83.8 Å². The van der Waals surface area contributed by atoms with E-state index in [-0.39, 0.29) is 6.79 Å². The number of imidazole rings is 1. The molecule has 4 aromatic rings. The maximum absolute atomic E-state index is 9.02. The van der Waals surface area contributed by atoms with Crippen LogP contribution in [0.5, 0.6) is 11.5 Å². The number of thiazole rings is 1. The number of nitrogens with zero attached hydrogens (tertiary/aromatic N) is 3. The first kappa shape index (κ1) is 16.5. The molecule has 1 aliphatic heterocycles. The largest absolute Gasteiger partial charge is 0.454 e. The van der Waals surface area contributed by atoms with Crippen molar-refractivity contribution < 1.29 is 9.47 Å². The van der Waals surface area contributed by atoms with Gasteiger partial charge in [-0.3, -0.25) is 0 Å². The van der Waals surface area contributed by atoms with Crippen molar-refractivity contribution in [3.05, 3.63) is 59.1 Å². The lowest BCUT2D eigenvalue weighted by molar-refractivity contribution is 0.174. The molecule has 136 valence electrons. The van der Waals surface area contributed by atoms with Crippen molar-refractivity contribution in [2.24, 2.45) is 0 Å². The zero-order valence-electron chi connectivity index (χ0n) is 14.9. The van der Waals surface area contributed by atoms with E-state index in [2.05, 4.69) is 16.0 Å². The molecule has 28 heavy (non-hydrogen) atoms. The summed E-state index contributed by atoms with van der Waals surface area (Å²) in [6.07, 6.45) is 0. The van der Waals surface area contributed by atoms with Crippen molar-refractivity contribution >= 4 is 11.3 Å². The van der Waals surface area contributed by atoms with Gasteiger partial charge >= 0.3 is 0 Å². The highest BCUT2D eigenvalue weighted by atomic mass is 32.1. The van der Waals surface area contributed by atoms with Gasteiger partial charge in [-0.05, 0) is 49.4 Å². The summed E-state index contributed by atoms with van der Waals surface area (Å²) in [6.45, 7) is 2.20. The van der Waals surface area contributed by atoms with Crippen molar-refractivity contribution in [2.45, 2.75) is 6.92 Å². The molecule has 7 heteroatoms. The predicted molar refractivity (Wildman–Crippen MR) is 106 cm³/mol. The van der Waals surface area contributed by atoms with E-state index < -0.39 is 0 Å². The Bertz CT molecular complexity index is 1220. The summed E-state index contributed by atoms with van der Waals surface area (Å²) in [5.41, 5.74) is 5.06. The first-order chi connectivity index (χ1) is 13.7. The number of hydrogen-bond donors (Lipinski definition) is 1. The van der Waals surface area contributed by atoms with Gasteiger partial charge in [0.1, 0.15) is 16.5 Å². The summed E-state index contributed by atoms with van der Waals surface area (Å²) < 4.78 is 10.9. The molecule has 0 fully saturated rings. The van der Waals surface area contributed by atoms with E-state index in [1.165, 1.54) is 0 Å². The van der Waals surface area contributed by atoms with Crippen molar-refractivity contribution in [2.75, 3.05) is 6.79 Å². The van der Waals surface area contributed by atoms with Gasteiger partial charge in [0, 0.05) is 22.2 Å². The lowest BCUT2D eigenvalue weighted by Crippen LogP contribution is -1.92. The molecule has 0 unspecified atom stereocenters. The van der Waals surface area contributed by atoms with Crippen LogP contribution in [0.3, 0.4) is 0 Å². The molecule has 0 amide bonds. The van der Waals surface area contributed by atoms with Gasteiger partial charge in [-0.1, -0.05) is 0 Å². The van der Waals surface area contributed by atoms with Crippen LogP contribution < -0.4 is 9.47 Å². The normalized spacial score (nSPS) is 12.1. The summed E-state index contributed by atoms with van der Waals surface area (Å²) >= 11 is 1.57. The molecule has 0 spiro atoms. The van der Waals surface area contributed by atoms with Crippen molar-refractivity contribution in [3.8, 4) is 50.9 Å². The van der Waals surface area contributed by atoms with Crippen molar-refractivity contribution in [1.29, 1.82) is 5.26 Å². The third kappa shape index (κ3) is 2.80. The summed E-state index contributed by atoms with van der Waals surface area (Å²) in [5.74, 6) is 2.17. The standard InChI is InChI=1S/C21H14N4O2S/c1-12-10-28-21(23-12)19-18(15-6-7-16-17(8-15)27-11-26-16)24-20(25-19)14-4-2-13(9-22)3-5-14/h2-8,10H,11H2,1H3,(H,24,25). The maximum atomic E-state index is 9.02. The Hall–Kier alpha value is -3.63. The van der Waals surface area contributed by atoms with E-state index in [0.717, 1.165) is 44.8 Å². The lowest BCUT2D eigenvalue weighted by atomic mass is 10.1. The van der Waals surface area contributed by atoms with Crippen LogP contribution in [0.25, 0.3) is 33.3 Å². The Kier molecular flexibility index (Phi) is 3.85. The maximum Gasteiger partial charge on any atom is 0.231 e. The molecule has 0 radical (unpaired) electrons. The van der Waals surface area contributed by atoms with E-state index in [1.54, 1.807) is 23.5 Å². The highest BCUT2D eigenvalue weighted by Crippen LogP contribution is 2.39. The Labute approximate surface area is 165 Å². The average Bonchev–Trinajstić information content (AvgIpc) is 3.46. The molecular weight excluding hydrogens is 372 g/mol. The van der Waals surface area contributed by atoms with E-state index in [4.69, 9.17) is 19.7 Å². The molecule has 3 heterocycles. The molecule has 6 nitrogen and oxygen atoms in total. The fourth-order valence-electron chi connectivity index (χ4n) is 3.09. The third-order valence-corrected chi connectivity index (χ3v) is 5.45. The SMILES string of the molecule is Cc1csc(-c2[nH]c(-c3ccc(C#N)cc3)nc2-c2ccc3c(c2)OCO3)n1. The fourth-order valence-corrected chi connectivity index (χ4v) is 3.89. The van der Waals surface area contributed by atoms with Crippen molar-refractivity contribution in [1.82, 2.24) is 15.0 Å². The number of H-pyrrole nitrogens is 1. The smallest absolute Gasteiger partial charge is 0.231 e. The number of ether oxygens (including phenoxy) is 2. The monoisotopic (exact) mass is 386 g/mol. The number of nitriles is 1. The molecule has 2 aromatic heterocycles. The number of nitrogens with one attached hydrogen (secondary N) is 1. The van der Waals surface area contributed by atoms with Gasteiger partial charge in [0.15, 0.2) is 11.5 Å². The molecule has 0 bridgehead atoms. The average molecular weight is 386 g/mol. The van der Waals surface area contributed by atoms with Crippen LogP contribution in [0.1, 0.15) is 11.3 Å². The van der Waals surface area contributed by atoms with Crippen molar-refractivity contribution in [3.63, 3.8) is 0 Å². The van der Waals surface area contributed by atoms with Gasteiger partial charge in [0.05, 0.1) is 17.3 Å². The van der Waals surface area contributed by atoms with Crippen LogP contribution in [-0.2, 0) is 0 Å². The number of fused-ring (bicyclic) bond motifs is 1. The van der Waals surface area contributed by atoms with Crippen LogP contribution in [0, 0.1) is 18.3 Å². The number of aryl methyl sites for hydroxylation is 1. The molecule has 1 N–H and O–H groups in total. The molecule has 0 atom stereocenters. The first-order valence-electron chi connectivity index (χ1n) is 8.64. The number of benzene rings is 2. The quantitative estimate of drug-likeness (QED) is 0.548. The predicted octanol–water partition coefficient (Wildman–Crippen LogP) is 4.78. The Morgan fingerprint density at radius 1 is 1.04 bits per heavy atom. The van der Waals surface area contributed by atoms with Crippen LogP contribution in [0.15, 0.2) is 47.8 Å². The van der Waals surface area contributed by atoms with Gasteiger partial charge in [0.25, 0.3) is 0 Å². The molecule has 0 saturated heterocycles. The third-order valence-electron chi connectivity index (χ3n) is 4.47. The number of hydrogen-bond acceptors (Lipinski definition) is 6. The van der Waals surface area contributed by atoms with Gasteiger partial charge in [-0.15, -0.1) is 11.3 Å². The van der Waals surface area contributed by atoms with Gasteiger partial charge in [-0.2, -0.15) is 5.26 Å². The lowest BCUT2D eigenvalue weighted by Gasteiger charge is -2.02. The second-order valence-electron chi connectivity index (χ2n) is 6.36. The molecular formula is C21H14N4O2S. The Morgan fingerprint density at radius 3 is 2.57 bits per heavy atom. The highest BCUT2D eigenvalue weighted by Gasteiger charge is 2.20. The van der Waals surface area contributed by atoms with Crippen LogP contribution in [0.4, 0.5) is 0 Å². The van der Waals surface area contributed by atoms with Gasteiger partial charge in [0.2, 0.25) is 6.79 Å². The zero-order chi connectivity index (χ0) is 19.1. The minimum atomic E-state index is 0.231. The van der Waals surface area contributed by atoms with Crippen LogP contribution in [-0.4, -0.2) is 21.7 Å².